The lowest BCUT2D eigenvalue weighted by molar-refractivity contribution is 0.0563. The summed E-state index contributed by atoms with van der Waals surface area (Å²) in [7, 11) is -1.16. The Morgan fingerprint density at radius 3 is 2.13 bits per heavy atom. The fourth-order valence-corrected chi connectivity index (χ4v) is 5.41. The standard InChI is InChI=1S/C23H25NO6S/c1-15-12-16(2)22(17(3)13-15)31(26,27)24(18-6-8-19(28-4)9-7-18)14-20-10-11-21(30-20)23(25)29-5/h6-13H,14H2,1-5H3. The lowest BCUT2D eigenvalue weighted by Gasteiger charge is -2.26. The van der Waals surface area contributed by atoms with Crippen molar-refractivity contribution in [3.63, 3.8) is 0 Å². The van der Waals surface area contributed by atoms with Gasteiger partial charge in [0.25, 0.3) is 10.0 Å². The maximum absolute atomic E-state index is 13.8. The lowest BCUT2D eigenvalue weighted by atomic mass is 10.1. The third kappa shape index (κ3) is 4.59. The van der Waals surface area contributed by atoms with Gasteiger partial charge in [-0.1, -0.05) is 17.7 Å². The molecule has 8 heteroatoms. The molecular formula is C23H25NO6S. The van der Waals surface area contributed by atoms with Crippen LogP contribution in [0.3, 0.4) is 0 Å². The monoisotopic (exact) mass is 443 g/mol. The smallest absolute Gasteiger partial charge is 0.373 e. The molecule has 164 valence electrons. The van der Waals surface area contributed by atoms with Crippen LogP contribution in [0.2, 0.25) is 0 Å². The summed E-state index contributed by atoms with van der Waals surface area (Å²) in [6, 6.07) is 13.4. The van der Waals surface area contributed by atoms with Gasteiger partial charge in [0.1, 0.15) is 11.5 Å². The number of furan rings is 1. The highest BCUT2D eigenvalue weighted by atomic mass is 32.2. The molecule has 2 aromatic carbocycles. The Bertz CT molecular complexity index is 1170. The molecule has 0 aliphatic rings. The molecule has 0 unspecified atom stereocenters. The van der Waals surface area contributed by atoms with Gasteiger partial charge < -0.3 is 13.9 Å². The predicted molar refractivity (Wildman–Crippen MR) is 117 cm³/mol. The molecule has 0 saturated heterocycles. The van der Waals surface area contributed by atoms with E-state index in [1.165, 1.54) is 17.5 Å². The van der Waals surface area contributed by atoms with Crippen molar-refractivity contribution in [2.24, 2.45) is 0 Å². The SMILES string of the molecule is COC(=O)c1ccc(CN(c2ccc(OC)cc2)S(=O)(=O)c2c(C)cc(C)cc2C)o1. The molecule has 0 aliphatic heterocycles. The van der Waals surface area contributed by atoms with Crippen molar-refractivity contribution < 1.29 is 27.1 Å². The number of carbonyl (C=O) groups is 1. The first-order chi connectivity index (χ1) is 14.7. The molecule has 0 amide bonds. The van der Waals surface area contributed by atoms with Gasteiger partial charge in [-0.2, -0.15) is 0 Å². The minimum Gasteiger partial charge on any atom is -0.497 e. The highest BCUT2D eigenvalue weighted by molar-refractivity contribution is 7.92. The van der Waals surface area contributed by atoms with E-state index in [0.29, 0.717) is 28.3 Å². The summed E-state index contributed by atoms with van der Waals surface area (Å²) in [5.74, 6) is 0.291. The van der Waals surface area contributed by atoms with Crippen LogP contribution in [0.1, 0.15) is 33.0 Å². The fourth-order valence-electron chi connectivity index (χ4n) is 3.56. The lowest BCUT2D eigenvalue weighted by Crippen LogP contribution is -2.31. The zero-order valence-electron chi connectivity index (χ0n) is 18.1. The average Bonchev–Trinajstić information content (AvgIpc) is 3.19. The minimum atomic E-state index is -3.95. The normalized spacial score (nSPS) is 11.3. The van der Waals surface area contributed by atoms with Gasteiger partial charge in [0, 0.05) is 0 Å². The highest BCUT2D eigenvalue weighted by Crippen LogP contribution is 2.31. The number of benzene rings is 2. The van der Waals surface area contributed by atoms with E-state index in [2.05, 4.69) is 4.74 Å². The number of anilines is 1. The van der Waals surface area contributed by atoms with Crippen molar-refractivity contribution >= 4 is 21.7 Å². The third-order valence-corrected chi connectivity index (χ3v) is 6.94. The first-order valence-corrected chi connectivity index (χ1v) is 11.0. The van der Waals surface area contributed by atoms with E-state index < -0.39 is 16.0 Å². The van der Waals surface area contributed by atoms with E-state index in [1.54, 1.807) is 51.3 Å². The van der Waals surface area contributed by atoms with Gasteiger partial charge in [-0.15, -0.1) is 0 Å². The number of hydrogen-bond acceptors (Lipinski definition) is 6. The number of carbonyl (C=O) groups excluding carboxylic acids is 1. The zero-order valence-corrected chi connectivity index (χ0v) is 18.9. The van der Waals surface area contributed by atoms with Crippen LogP contribution < -0.4 is 9.04 Å². The van der Waals surface area contributed by atoms with E-state index in [4.69, 9.17) is 9.15 Å². The molecule has 3 rings (SSSR count). The fraction of sp³-hybridized carbons (Fsp3) is 0.261. The van der Waals surface area contributed by atoms with Crippen LogP contribution in [0.25, 0.3) is 0 Å². The van der Waals surface area contributed by atoms with E-state index in [1.807, 2.05) is 19.1 Å². The second-order valence-electron chi connectivity index (χ2n) is 7.20. The predicted octanol–water partition coefficient (Wildman–Crippen LogP) is 4.40. The summed E-state index contributed by atoms with van der Waals surface area (Å²) < 4.78 is 44.3. The highest BCUT2D eigenvalue weighted by Gasteiger charge is 2.30. The van der Waals surface area contributed by atoms with Crippen molar-refractivity contribution in [2.45, 2.75) is 32.2 Å². The van der Waals surface area contributed by atoms with Gasteiger partial charge >= 0.3 is 5.97 Å². The van der Waals surface area contributed by atoms with Crippen molar-refractivity contribution in [1.82, 2.24) is 0 Å². The van der Waals surface area contributed by atoms with Crippen LogP contribution in [0.15, 0.2) is 57.8 Å². The number of ether oxygens (including phenoxy) is 2. The zero-order chi connectivity index (χ0) is 22.8. The molecule has 7 nitrogen and oxygen atoms in total. The molecule has 0 atom stereocenters. The molecule has 0 saturated carbocycles. The summed E-state index contributed by atoms with van der Waals surface area (Å²) in [5.41, 5.74) is 2.74. The molecule has 0 spiro atoms. The Kier molecular flexibility index (Phi) is 6.40. The van der Waals surface area contributed by atoms with Gasteiger partial charge in [-0.05, 0) is 68.3 Å². The first-order valence-electron chi connectivity index (χ1n) is 9.59. The number of rotatable bonds is 7. The number of esters is 1. The maximum Gasteiger partial charge on any atom is 0.373 e. The summed E-state index contributed by atoms with van der Waals surface area (Å²) in [6.45, 7) is 5.38. The molecule has 0 N–H and O–H groups in total. The average molecular weight is 444 g/mol. The quantitative estimate of drug-likeness (QED) is 0.503. The molecule has 1 heterocycles. The van der Waals surface area contributed by atoms with Crippen molar-refractivity contribution in [1.29, 1.82) is 0 Å². The number of hydrogen-bond donors (Lipinski definition) is 0. The topological polar surface area (TPSA) is 86.0 Å². The third-order valence-electron chi connectivity index (χ3n) is 4.86. The molecule has 3 aromatic rings. The maximum atomic E-state index is 13.8. The first kappa shape index (κ1) is 22.4. The second-order valence-corrected chi connectivity index (χ2v) is 8.99. The Labute approximate surface area is 182 Å². The van der Waals surface area contributed by atoms with Gasteiger partial charge in [-0.3, -0.25) is 4.31 Å². The van der Waals surface area contributed by atoms with Crippen LogP contribution >= 0.6 is 0 Å². The summed E-state index contributed by atoms with van der Waals surface area (Å²) in [6.07, 6.45) is 0. The molecule has 31 heavy (non-hydrogen) atoms. The second kappa shape index (κ2) is 8.85. The van der Waals surface area contributed by atoms with E-state index in [9.17, 15) is 13.2 Å². The number of aryl methyl sites for hydroxylation is 3. The molecular weight excluding hydrogens is 418 g/mol. The minimum absolute atomic E-state index is 0.00674. The Hall–Kier alpha value is -3.26. The molecule has 0 aliphatic carbocycles. The van der Waals surface area contributed by atoms with E-state index in [0.717, 1.165) is 5.56 Å². The summed E-state index contributed by atoms with van der Waals surface area (Å²) in [4.78, 5) is 12.0. The van der Waals surface area contributed by atoms with Gasteiger partial charge in [-0.25, -0.2) is 13.2 Å². The van der Waals surface area contributed by atoms with Crippen molar-refractivity contribution in [2.75, 3.05) is 18.5 Å². The van der Waals surface area contributed by atoms with Crippen LogP contribution in [0.4, 0.5) is 5.69 Å². The Morgan fingerprint density at radius 1 is 0.968 bits per heavy atom. The van der Waals surface area contributed by atoms with Crippen molar-refractivity contribution in [3.05, 3.63) is 76.7 Å². The molecule has 0 radical (unpaired) electrons. The molecule has 1 aromatic heterocycles. The summed E-state index contributed by atoms with van der Waals surface area (Å²) >= 11 is 0. The summed E-state index contributed by atoms with van der Waals surface area (Å²) in [5, 5.41) is 0. The van der Waals surface area contributed by atoms with Crippen LogP contribution in [-0.2, 0) is 21.3 Å². The van der Waals surface area contributed by atoms with E-state index >= 15 is 0 Å². The van der Waals surface area contributed by atoms with E-state index in [-0.39, 0.29) is 17.2 Å². The van der Waals surface area contributed by atoms with Crippen LogP contribution in [0.5, 0.6) is 5.75 Å². The van der Waals surface area contributed by atoms with Gasteiger partial charge in [0.05, 0.1) is 31.3 Å². The molecule has 0 bridgehead atoms. The van der Waals surface area contributed by atoms with Crippen molar-refractivity contribution in [3.8, 4) is 5.75 Å². The largest absolute Gasteiger partial charge is 0.497 e. The molecule has 0 fully saturated rings. The Morgan fingerprint density at radius 2 is 1.58 bits per heavy atom. The number of nitrogens with zero attached hydrogens (tertiary/aromatic N) is 1. The van der Waals surface area contributed by atoms with Gasteiger partial charge in [0.15, 0.2) is 0 Å². The van der Waals surface area contributed by atoms with Crippen LogP contribution in [-0.4, -0.2) is 28.6 Å². The number of sulfonamides is 1. The Balaban J connectivity index is 2.11. The number of methoxy groups -OCH3 is 2. The van der Waals surface area contributed by atoms with Crippen LogP contribution in [0, 0.1) is 20.8 Å². The van der Waals surface area contributed by atoms with Gasteiger partial charge in [0.2, 0.25) is 5.76 Å².